The minimum atomic E-state index is -0.279. The Morgan fingerprint density at radius 3 is 3.00 bits per heavy atom. The summed E-state index contributed by atoms with van der Waals surface area (Å²) in [5.41, 5.74) is 5.38. The van der Waals surface area contributed by atoms with Crippen LogP contribution in [-0.4, -0.2) is 29.2 Å². The lowest BCUT2D eigenvalue weighted by Gasteiger charge is -2.33. The molecule has 1 aromatic heterocycles. The Labute approximate surface area is 86.9 Å². The largest absolute Gasteiger partial charge is 0.489 e. The zero-order valence-corrected chi connectivity index (χ0v) is 8.49. The Morgan fingerprint density at radius 1 is 1.67 bits per heavy atom. The molecule has 1 heterocycles. The van der Waals surface area contributed by atoms with Gasteiger partial charge < -0.3 is 20.8 Å². The third kappa shape index (κ3) is 1.94. The van der Waals surface area contributed by atoms with Crippen LogP contribution in [0.5, 0.6) is 5.75 Å². The van der Waals surface area contributed by atoms with Crippen molar-refractivity contribution in [3.8, 4) is 5.75 Å². The summed E-state index contributed by atoms with van der Waals surface area (Å²) in [4.78, 5) is 17.8. The molecular formula is C9H14N4O2. The van der Waals surface area contributed by atoms with Crippen LogP contribution in [0, 0.1) is 0 Å². The van der Waals surface area contributed by atoms with Gasteiger partial charge in [0.05, 0.1) is 13.4 Å². The molecule has 1 fully saturated rings. The molecule has 0 spiro atoms. The number of aromatic amines is 1. The monoisotopic (exact) mass is 210 g/mol. The highest BCUT2D eigenvalue weighted by Crippen LogP contribution is 2.24. The zero-order valence-electron chi connectivity index (χ0n) is 8.49. The van der Waals surface area contributed by atoms with Gasteiger partial charge in [0.1, 0.15) is 0 Å². The molecular weight excluding hydrogens is 196 g/mol. The predicted octanol–water partition coefficient (Wildman–Crippen LogP) is -0.320. The average Bonchev–Trinajstić information content (AvgIpc) is 2.16. The third-order valence-corrected chi connectivity index (χ3v) is 2.53. The number of hydrogen-bond donors (Lipinski definition) is 3. The van der Waals surface area contributed by atoms with Crippen LogP contribution in [0.1, 0.15) is 12.8 Å². The maximum Gasteiger partial charge on any atom is 0.295 e. The quantitative estimate of drug-likeness (QED) is 0.635. The summed E-state index contributed by atoms with van der Waals surface area (Å²) < 4.78 is 4.97. The third-order valence-electron chi connectivity index (χ3n) is 2.53. The lowest BCUT2D eigenvalue weighted by atomic mass is 9.88. The highest BCUT2D eigenvalue weighted by Gasteiger charge is 2.27. The van der Waals surface area contributed by atoms with Crippen LogP contribution in [-0.2, 0) is 0 Å². The van der Waals surface area contributed by atoms with Crippen LogP contribution in [0.4, 0.5) is 5.82 Å². The second-order valence-electron chi connectivity index (χ2n) is 3.69. The maximum absolute atomic E-state index is 11.3. The Morgan fingerprint density at radius 2 is 2.40 bits per heavy atom. The normalized spacial score (nSPS) is 24.4. The minimum absolute atomic E-state index is 0.220. The Hall–Kier alpha value is -1.56. The number of ether oxygens (including phenoxy) is 1. The topological polar surface area (TPSA) is 93.0 Å². The van der Waals surface area contributed by atoms with E-state index >= 15 is 0 Å². The number of nitrogens with zero attached hydrogens (tertiary/aromatic N) is 1. The summed E-state index contributed by atoms with van der Waals surface area (Å²) in [6.07, 6.45) is 3.15. The van der Waals surface area contributed by atoms with Gasteiger partial charge in [-0.25, -0.2) is 4.98 Å². The molecule has 1 aliphatic rings. The van der Waals surface area contributed by atoms with E-state index in [1.54, 1.807) is 0 Å². The van der Waals surface area contributed by atoms with E-state index in [1.165, 1.54) is 13.4 Å². The van der Waals surface area contributed by atoms with Crippen LogP contribution < -0.4 is 21.3 Å². The van der Waals surface area contributed by atoms with Crippen LogP contribution in [0.15, 0.2) is 11.1 Å². The summed E-state index contributed by atoms with van der Waals surface area (Å²) in [5, 5.41) is 3.13. The van der Waals surface area contributed by atoms with Gasteiger partial charge in [0, 0.05) is 12.1 Å². The van der Waals surface area contributed by atoms with Crippen molar-refractivity contribution >= 4 is 5.82 Å². The fraction of sp³-hybridized carbons (Fsp3) is 0.556. The van der Waals surface area contributed by atoms with E-state index in [4.69, 9.17) is 10.5 Å². The molecule has 82 valence electrons. The van der Waals surface area contributed by atoms with Crippen molar-refractivity contribution in [3.63, 3.8) is 0 Å². The Kier molecular flexibility index (Phi) is 2.59. The molecule has 0 aliphatic heterocycles. The molecule has 0 aromatic carbocycles. The molecule has 0 saturated heterocycles. The van der Waals surface area contributed by atoms with E-state index in [0.717, 1.165) is 12.8 Å². The first-order valence-electron chi connectivity index (χ1n) is 4.84. The van der Waals surface area contributed by atoms with Crippen LogP contribution in [0.3, 0.4) is 0 Å². The molecule has 1 saturated carbocycles. The molecule has 0 unspecified atom stereocenters. The number of anilines is 1. The molecule has 2 rings (SSSR count). The molecule has 15 heavy (non-hydrogen) atoms. The van der Waals surface area contributed by atoms with E-state index in [2.05, 4.69) is 15.3 Å². The molecule has 0 bridgehead atoms. The minimum Gasteiger partial charge on any atom is -0.489 e. The zero-order chi connectivity index (χ0) is 10.8. The molecule has 0 atom stereocenters. The van der Waals surface area contributed by atoms with Crippen molar-refractivity contribution in [2.75, 3.05) is 12.4 Å². The lowest BCUT2D eigenvalue weighted by Crippen LogP contribution is -2.44. The first kappa shape index (κ1) is 9.97. The average molecular weight is 210 g/mol. The number of hydrogen-bond acceptors (Lipinski definition) is 5. The first-order valence-corrected chi connectivity index (χ1v) is 4.84. The molecule has 0 radical (unpaired) electrons. The second-order valence-corrected chi connectivity index (χ2v) is 3.69. The van der Waals surface area contributed by atoms with E-state index in [0.29, 0.717) is 11.9 Å². The van der Waals surface area contributed by atoms with Gasteiger partial charge in [-0.15, -0.1) is 0 Å². The van der Waals surface area contributed by atoms with Gasteiger partial charge in [-0.1, -0.05) is 0 Å². The van der Waals surface area contributed by atoms with Crippen LogP contribution >= 0.6 is 0 Å². The van der Waals surface area contributed by atoms with E-state index < -0.39 is 0 Å². The molecule has 6 nitrogen and oxygen atoms in total. The smallest absolute Gasteiger partial charge is 0.295 e. The van der Waals surface area contributed by atoms with Crippen molar-refractivity contribution in [1.82, 2.24) is 9.97 Å². The van der Waals surface area contributed by atoms with Gasteiger partial charge in [0.15, 0.2) is 5.82 Å². The van der Waals surface area contributed by atoms with Gasteiger partial charge in [-0.2, -0.15) is 0 Å². The van der Waals surface area contributed by atoms with Crippen molar-refractivity contribution in [2.45, 2.75) is 24.9 Å². The predicted molar refractivity (Wildman–Crippen MR) is 56.0 cm³/mol. The second kappa shape index (κ2) is 3.90. The van der Waals surface area contributed by atoms with Crippen molar-refractivity contribution < 1.29 is 4.74 Å². The molecule has 6 heteroatoms. The van der Waals surface area contributed by atoms with E-state index in [9.17, 15) is 4.79 Å². The van der Waals surface area contributed by atoms with Gasteiger partial charge in [-0.3, -0.25) is 4.79 Å². The SMILES string of the molecule is COc1c(NC2CC(N)C2)nc[nH]c1=O. The molecule has 1 aromatic rings. The van der Waals surface area contributed by atoms with Gasteiger partial charge >= 0.3 is 0 Å². The number of H-pyrrole nitrogens is 1. The molecule has 1 aliphatic carbocycles. The Bertz CT molecular complexity index is 397. The number of aromatic nitrogens is 2. The van der Waals surface area contributed by atoms with Crippen molar-refractivity contribution in [1.29, 1.82) is 0 Å². The molecule has 4 N–H and O–H groups in total. The van der Waals surface area contributed by atoms with Crippen molar-refractivity contribution in [3.05, 3.63) is 16.7 Å². The standard InChI is InChI=1S/C9H14N4O2/c1-15-7-8(11-4-12-9(7)14)13-6-2-5(10)3-6/h4-6H,2-3,10H2,1H3,(H2,11,12,13,14). The fourth-order valence-electron chi connectivity index (χ4n) is 1.65. The van der Waals surface area contributed by atoms with Gasteiger partial charge in [0.25, 0.3) is 5.56 Å². The number of rotatable bonds is 3. The highest BCUT2D eigenvalue weighted by molar-refractivity contribution is 5.49. The maximum atomic E-state index is 11.3. The molecule has 0 amide bonds. The number of nitrogens with one attached hydrogen (secondary N) is 2. The summed E-state index contributed by atoms with van der Waals surface area (Å²) in [7, 11) is 1.45. The summed E-state index contributed by atoms with van der Waals surface area (Å²) in [6.45, 7) is 0. The lowest BCUT2D eigenvalue weighted by molar-refractivity contribution is 0.367. The number of methoxy groups -OCH3 is 1. The van der Waals surface area contributed by atoms with Crippen LogP contribution in [0.2, 0.25) is 0 Å². The summed E-state index contributed by atoms with van der Waals surface area (Å²) in [6, 6.07) is 0.554. The van der Waals surface area contributed by atoms with Gasteiger partial charge in [-0.05, 0) is 12.8 Å². The first-order chi connectivity index (χ1) is 7.20. The van der Waals surface area contributed by atoms with E-state index in [-0.39, 0.29) is 17.4 Å². The summed E-state index contributed by atoms with van der Waals surface area (Å²) in [5.74, 6) is 0.705. The number of nitrogens with two attached hydrogens (primary N) is 1. The van der Waals surface area contributed by atoms with Crippen LogP contribution in [0.25, 0.3) is 0 Å². The fourth-order valence-corrected chi connectivity index (χ4v) is 1.65. The highest BCUT2D eigenvalue weighted by atomic mass is 16.5. The van der Waals surface area contributed by atoms with Crippen molar-refractivity contribution in [2.24, 2.45) is 5.73 Å². The summed E-state index contributed by atoms with van der Waals surface area (Å²) >= 11 is 0. The van der Waals surface area contributed by atoms with E-state index in [1.807, 2.05) is 0 Å². The Balaban J connectivity index is 2.14. The van der Waals surface area contributed by atoms with Gasteiger partial charge in [0.2, 0.25) is 5.75 Å².